The predicted molar refractivity (Wildman–Crippen MR) is 148 cm³/mol. The Balaban J connectivity index is 1.35. The van der Waals surface area contributed by atoms with Gasteiger partial charge in [-0.3, -0.25) is 4.90 Å². The van der Waals surface area contributed by atoms with E-state index >= 15 is 0 Å². The topological polar surface area (TPSA) is 86.6 Å². The molecule has 3 aromatic heterocycles. The second-order valence-corrected chi connectivity index (χ2v) is 12.6. The molecule has 0 N–H and O–H groups in total. The number of nitrogens with zero attached hydrogens (tertiary/aromatic N) is 4. The molecule has 6 rings (SSSR count). The van der Waals surface area contributed by atoms with Crippen LogP contribution >= 0.6 is 11.3 Å². The first kappa shape index (κ1) is 25.5. The fraction of sp³-hybridized carbons (Fsp3) is 0.429. The van der Waals surface area contributed by atoms with Gasteiger partial charge in [0.15, 0.2) is 5.65 Å². The van der Waals surface area contributed by atoms with Gasteiger partial charge in [0.05, 0.1) is 24.3 Å². The predicted octanol–water partition coefficient (Wildman–Crippen LogP) is 5.15. The van der Waals surface area contributed by atoms with Crippen LogP contribution in [0.25, 0.3) is 22.3 Å². The van der Waals surface area contributed by atoms with E-state index in [1.54, 1.807) is 43.6 Å². The first-order valence-electron chi connectivity index (χ1n) is 13.2. The van der Waals surface area contributed by atoms with E-state index in [4.69, 9.17) is 14.5 Å². The van der Waals surface area contributed by atoms with Gasteiger partial charge in [0.1, 0.15) is 0 Å². The van der Waals surface area contributed by atoms with Gasteiger partial charge in [0.2, 0.25) is 0 Å². The highest BCUT2D eigenvalue weighted by Crippen LogP contribution is 2.39. The second kappa shape index (κ2) is 10.8. The Morgan fingerprint density at radius 3 is 2.66 bits per heavy atom. The lowest BCUT2D eigenvalue weighted by Gasteiger charge is -2.36. The average molecular weight is 553 g/mol. The van der Waals surface area contributed by atoms with Gasteiger partial charge in [-0.2, -0.15) is 0 Å². The molecule has 0 spiro atoms. The summed E-state index contributed by atoms with van der Waals surface area (Å²) >= 11 is 1.39. The molecule has 4 heterocycles. The Bertz CT molecular complexity index is 1500. The number of methoxy groups -OCH3 is 1. The SMILES string of the molecule is COc1nc(-c2cn(S(=O)(=O)c3ccccc3)c3ncc(C4CCC(N5CCCOCC5)CC4)cc23)cs1. The number of rotatable bonds is 6. The minimum Gasteiger partial charge on any atom is -0.473 e. The summed E-state index contributed by atoms with van der Waals surface area (Å²) in [5.41, 5.74) is 3.00. The van der Waals surface area contributed by atoms with E-state index in [1.807, 2.05) is 11.6 Å². The van der Waals surface area contributed by atoms with Crippen molar-refractivity contribution in [1.29, 1.82) is 0 Å². The lowest BCUT2D eigenvalue weighted by atomic mass is 9.81. The standard InChI is InChI=1S/C28H32N4O4S2/c1-35-28-30-26(19-37-28)25-18-32(38(33,34)23-6-3-2-4-7-23)27-24(25)16-21(17-29-27)20-8-10-22(11-9-20)31-12-5-14-36-15-13-31/h2-4,6-7,16-20,22H,5,8-15H2,1H3. The molecular weight excluding hydrogens is 520 g/mol. The molecule has 0 amide bonds. The number of fused-ring (bicyclic) bond motifs is 1. The number of hydrogen-bond acceptors (Lipinski definition) is 8. The van der Waals surface area contributed by atoms with Crippen LogP contribution in [0, 0.1) is 0 Å². The Labute approximate surface area is 227 Å². The number of pyridine rings is 1. The Kier molecular flexibility index (Phi) is 7.22. The van der Waals surface area contributed by atoms with Gasteiger partial charge >= 0.3 is 0 Å². The highest BCUT2D eigenvalue weighted by atomic mass is 32.2. The van der Waals surface area contributed by atoms with Gasteiger partial charge < -0.3 is 9.47 Å². The summed E-state index contributed by atoms with van der Waals surface area (Å²) in [6.07, 6.45) is 9.13. The van der Waals surface area contributed by atoms with Crippen LogP contribution in [-0.4, -0.2) is 66.7 Å². The fourth-order valence-corrected chi connectivity index (χ4v) is 7.78. The zero-order valence-electron chi connectivity index (χ0n) is 21.5. The van der Waals surface area contributed by atoms with Crippen LogP contribution in [-0.2, 0) is 14.8 Å². The molecular formula is C28H32N4O4S2. The monoisotopic (exact) mass is 552 g/mol. The molecule has 1 aliphatic heterocycles. The van der Waals surface area contributed by atoms with E-state index in [0.717, 1.165) is 74.9 Å². The molecule has 2 aliphatic rings. The van der Waals surface area contributed by atoms with Crippen LogP contribution in [0.15, 0.2) is 59.1 Å². The molecule has 1 saturated heterocycles. The van der Waals surface area contributed by atoms with Crippen LogP contribution in [0.2, 0.25) is 0 Å². The molecule has 0 bridgehead atoms. The van der Waals surface area contributed by atoms with Crippen LogP contribution in [0.5, 0.6) is 5.19 Å². The summed E-state index contributed by atoms with van der Waals surface area (Å²) < 4.78 is 39.5. The molecule has 0 atom stereocenters. The molecule has 0 unspecified atom stereocenters. The first-order valence-corrected chi connectivity index (χ1v) is 15.5. The number of thiazole rings is 1. The van der Waals surface area contributed by atoms with Crippen molar-refractivity contribution in [2.24, 2.45) is 0 Å². The minimum atomic E-state index is -3.83. The van der Waals surface area contributed by atoms with E-state index in [0.29, 0.717) is 28.5 Å². The largest absolute Gasteiger partial charge is 0.473 e. The van der Waals surface area contributed by atoms with Crippen LogP contribution in [0.4, 0.5) is 0 Å². The Morgan fingerprint density at radius 1 is 1.08 bits per heavy atom. The third-order valence-electron chi connectivity index (χ3n) is 7.81. The number of ether oxygens (including phenoxy) is 2. The Morgan fingerprint density at radius 2 is 1.89 bits per heavy atom. The summed E-state index contributed by atoms with van der Waals surface area (Å²) in [5.74, 6) is 0.401. The van der Waals surface area contributed by atoms with E-state index in [1.165, 1.54) is 15.3 Å². The smallest absolute Gasteiger partial charge is 0.273 e. The maximum atomic E-state index is 13.6. The van der Waals surface area contributed by atoms with Gasteiger partial charge in [-0.25, -0.2) is 22.4 Å². The van der Waals surface area contributed by atoms with E-state index < -0.39 is 10.0 Å². The van der Waals surface area contributed by atoms with Crippen molar-refractivity contribution in [3.8, 4) is 16.5 Å². The molecule has 1 aromatic carbocycles. The van der Waals surface area contributed by atoms with Crippen molar-refractivity contribution in [1.82, 2.24) is 18.8 Å². The molecule has 2 fully saturated rings. The number of benzene rings is 1. The van der Waals surface area contributed by atoms with E-state index in [9.17, 15) is 8.42 Å². The van der Waals surface area contributed by atoms with Crippen LogP contribution in [0.1, 0.15) is 43.6 Å². The van der Waals surface area contributed by atoms with Crippen molar-refractivity contribution in [3.05, 3.63) is 59.7 Å². The van der Waals surface area contributed by atoms with Gasteiger partial charge in [-0.05, 0) is 61.8 Å². The highest BCUT2D eigenvalue weighted by molar-refractivity contribution is 7.90. The number of hydrogen-bond donors (Lipinski definition) is 0. The average Bonchev–Trinajstić information content (AvgIpc) is 3.49. The minimum absolute atomic E-state index is 0.224. The van der Waals surface area contributed by atoms with Crippen molar-refractivity contribution < 1.29 is 17.9 Å². The van der Waals surface area contributed by atoms with Gasteiger partial charge in [0, 0.05) is 54.5 Å². The van der Waals surface area contributed by atoms with Crippen LogP contribution < -0.4 is 4.74 Å². The molecule has 200 valence electrons. The molecule has 8 nitrogen and oxygen atoms in total. The third kappa shape index (κ3) is 4.86. The lowest BCUT2D eigenvalue weighted by Crippen LogP contribution is -2.39. The summed E-state index contributed by atoms with van der Waals surface area (Å²) in [5, 5.41) is 3.23. The molecule has 1 aliphatic carbocycles. The fourth-order valence-electron chi connectivity index (χ4n) is 5.79. The maximum Gasteiger partial charge on any atom is 0.273 e. The molecule has 38 heavy (non-hydrogen) atoms. The third-order valence-corrected chi connectivity index (χ3v) is 10.3. The van der Waals surface area contributed by atoms with Crippen molar-refractivity contribution in [2.45, 2.75) is 49.0 Å². The van der Waals surface area contributed by atoms with Gasteiger partial charge in [0.25, 0.3) is 15.2 Å². The summed E-state index contributed by atoms with van der Waals surface area (Å²) in [4.78, 5) is 12.1. The van der Waals surface area contributed by atoms with Crippen molar-refractivity contribution >= 4 is 32.4 Å². The summed E-state index contributed by atoms with van der Waals surface area (Å²) in [6, 6.07) is 11.2. The van der Waals surface area contributed by atoms with E-state index in [-0.39, 0.29) is 4.90 Å². The molecule has 0 radical (unpaired) electrons. The zero-order chi connectivity index (χ0) is 26.1. The van der Waals surface area contributed by atoms with Crippen molar-refractivity contribution in [2.75, 3.05) is 33.4 Å². The first-order chi connectivity index (χ1) is 18.5. The highest BCUT2D eigenvalue weighted by Gasteiger charge is 2.29. The summed E-state index contributed by atoms with van der Waals surface area (Å²) in [6.45, 7) is 3.83. The number of aromatic nitrogens is 3. The zero-order valence-corrected chi connectivity index (χ0v) is 23.1. The quantitative estimate of drug-likeness (QED) is 0.327. The van der Waals surface area contributed by atoms with Crippen LogP contribution in [0.3, 0.4) is 0 Å². The van der Waals surface area contributed by atoms with Gasteiger partial charge in [-0.1, -0.05) is 29.5 Å². The van der Waals surface area contributed by atoms with E-state index in [2.05, 4.69) is 16.0 Å². The van der Waals surface area contributed by atoms with Crippen molar-refractivity contribution in [3.63, 3.8) is 0 Å². The second-order valence-electron chi connectivity index (χ2n) is 10.0. The summed E-state index contributed by atoms with van der Waals surface area (Å²) in [7, 11) is -2.25. The Hall–Kier alpha value is -2.79. The normalized spacial score (nSPS) is 21.4. The lowest BCUT2D eigenvalue weighted by molar-refractivity contribution is 0.118. The van der Waals surface area contributed by atoms with Gasteiger partial charge in [-0.15, -0.1) is 0 Å². The maximum absolute atomic E-state index is 13.6. The molecule has 1 saturated carbocycles. The molecule has 10 heteroatoms. The molecule has 4 aromatic rings.